The molecule has 1 aliphatic carbocycles. The van der Waals surface area contributed by atoms with Crippen molar-refractivity contribution >= 4 is 29.2 Å². The number of aromatic nitrogens is 2. The monoisotopic (exact) mass is 448 g/mol. The van der Waals surface area contributed by atoms with Gasteiger partial charge in [-0.05, 0) is 18.9 Å². The van der Waals surface area contributed by atoms with E-state index in [-0.39, 0.29) is 23.2 Å². The molecule has 0 saturated heterocycles. The summed E-state index contributed by atoms with van der Waals surface area (Å²) in [6.07, 6.45) is 6.90. The summed E-state index contributed by atoms with van der Waals surface area (Å²) in [6, 6.07) is 3.42. The molecule has 8 nitrogen and oxygen atoms in total. The number of aliphatic imine (C=N–C) groups is 2. The molecule has 1 N–H and O–H groups in total. The van der Waals surface area contributed by atoms with E-state index in [0.717, 1.165) is 12.8 Å². The van der Waals surface area contributed by atoms with E-state index in [2.05, 4.69) is 25.2 Å². The summed E-state index contributed by atoms with van der Waals surface area (Å²) in [7, 11) is 3.07. The Hall–Kier alpha value is -2.95. The maximum atomic E-state index is 14.1. The Labute approximate surface area is 182 Å². The number of nitrogens with one attached hydrogen (secondary N) is 1. The van der Waals surface area contributed by atoms with Crippen LogP contribution in [0.15, 0.2) is 34.5 Å². The molecule has 4 rings (SSSR count). The highest BCUT2D eigenvalue weighted by Gasteiger charge is 2.35. The third-order valence-electron chi connectivity index (χ3n) is 5.06. The molecule has 0 radical (unpaired) electrons. The van der Waals surface area contributed by atoms with Gasteiger partial charge in [0.2, 0.25) is 5.95 Å². The number of amidine groups is 1. The van der Waals surface area contributed by atoms with E-state index in [1.54, 1.807) is 13.2 Å². The van der Waals surface area contributed by atoms with E-state index in [0.29, 0.717) is 23.5 Å². The summed E-state index contributed by atoms with van der Waals surface area (Å²) in [5.41, 5.74) is 0.304. The van der Waals surface area contributed by atoms with Gasteiger partial charge >= 0.3 is 0 Å². The summed E-state index contributed by atoms with van der Waals surface area (Å²) in [6.45, 7) is 0.572. The predicted octanol–water partition coefficient (Wildman–Crippen LogP) is 2.50. The van der Waals surface area contributed by atoms with E-state index in [9.17, 15) is 13.6 Å². The Bertz CT molecular complexity index is 1040. The molecule has 11 heteroatoms. The molecule has 1 fully saturated rings. The molecule has 0 aromatic carbocycles. The highest BCUT2D eigenvalue weighted by atomic mass is 32.2. The van der Waals surface area contributed by atoms with Crippen molar-refractivity contribution in [1.29, 1.82) is 0 Å². The second-order valence-electron chi connectivity index (χ2n) is 7.18. The molecule has 1 atom stereocenters. The Balaban J connectivity index is 1.49. The Kier molecular flexibility index (Phi) is 6.21. The number of pyridine rings is 1. The molecule has 164 valence electrons. The van der Waals surface area contributed by atoms with Gasteiger partial charge in [0.25, 0.3) is 5.91 Å². The second kappa shape index (κ2) is 9.04. The fourth-order valence-electron chi connectivity index (χ4n) is 3.31. The van der Waals surface area contributed by atoms with Gasteiger partial charge in [-0.1, -0.05) is 11.8 Å². The molecule has 2 aromatic rings. The molecular weight excluding hydrogens is 426 g/mol. The van der Waals surface area contributed by atoms with Gasteiger partial charge in [0.15, 0.2) is 11.0 Å². The van der Waals surface area contributed by atoms with Crippen LogP contribution in [0.2, 0.25) is 0 Å². The zero-order valence-corrected chi connectivity index (χ0v) is 17.9. The SMILES string of the molecule is C/N=C(/NC(=O)c1cc(OC)cn1Cc1ccnc(F)c1F)SC1CN=CN1C1CC1. The summed E-state index contributed by atoms with van der Waals surface area (Å²) in [5, 5.41) is 3.36. The van der Waals surface area contributed by atoms with Crippen LogP contribution < -0.4 is 10.1 Å². The lowest BCUT2D eigenvalue weighted by atomic mass is 10.2. The summed E-state index contributed by atoms with van der Waals surface area (Å²) in [5.74, 6) is -2.23. The van der Waals surface area contributed by atoms with Crippen molar-refractivity contribution in [1.82, 2.24) is 19.8 Å². The van der Waals surface area contributed by atoms with Gasteiger partial charge in [-0.15, -0.1) is 0 Å². The van der Waals surface area contributed by atoms with Crippen LogP contribution in [0.1, 0.15) is 28.9 Å². The van der Waals surface area contributed by atoms with Gasteiger partial charge in [-0.2, -0.15) is 4.39 Å². The number of nitrogens with zero attached hydrogens (tertiary/aromatic N) is 5. The number of thioether (sulfide) groups is 1. The number of carbonyl (C=O) groups is 1. The minimum absolute atomic E-state index is 0.0605. The third kappa shape index (κ3) is 4.71. The zero-order valence-electron chi connectivity index (χ0n) is 17.1. The first-order valence-electron chi connectivity index (χ1n) is 9.75. The summed E-state index contributed by atoms with van der Waals surface area (Å²) in [4.78, 5) is 27.0. The number of halogens is 2. The van der Waals surface area contributed by atoms with Crippen LogP contribution in [-0.4, -0.2) is 64.0 Å². The van der Waals surface area contributed by atoms with Crippen LogP contribution in [0.4, 0.5) is 8.78 Å². The standard InChI is InChI=1S/C20H22F2N6O2S/c1-23-20(31-16-8-24-11-28(16)13-3-4-13)26-19(29)15-7-14(30-2)10-27(15)9-12-5-6-25-18(22)17(12)21/h5-7,10-11,13,16H,3-4,8-9H2,1-2H3,(H,23,26,29). The first-order valence-corrected chi connectivity index (χ1v) is 10.6. The van der Waals surface area contributed by atoms with Crippen LogP contribution in [0.3, 0.4) is 0 Å². The van der Waals surface area contributed by atoms with Gasteiger partial charge in [0.1, 0.15) is 16.8 Å². The van der Waals surface area contributed by atoms with Crippen LogP contribution >= 0.6 is 11.8 Å². The summed E-state index contributed by atoms with van der Waals surface area (Å²) < 4.78 is 34.3. The molecule has 2 aromatic heterocycles. The van der Waals surface area contributed by atoms with E-state index in [4.69, 9.17) is 4.74 Å². The maximum absolute atomic E-state index is 14.1. The van der Waals surface area contributed by atoms with Crippen molar-refractivity contribution in [2.75, 3.05) is 20.7 Å². The predicted molar refractivity (Wildman–Crippen MR) is 115 cm³/mol. The van der Waals surface area contributed by atoms with Crippen molar-refractivity contribution in [2.45, 2.75) is 30.8 Å². The molecule has 0 bridgehead atoms. The highest BCUT2D eigenvalue weighted by molar-refractivity contribution is 8.14. The molecule has 1 saturated carbocycles. The number of rotatable bonds is 6. The van der Waals surface area contributed by atoms with Gasteiger partial charge in [-0.3, -0.25) is 20.1 Å². The van der Waals surface area contributed by atoms with Gasteiger partial charge < -0.3 is 14.2 Å². The van der Waals surface area contributed by atoms with Crippen molar-refractivity contribution in [3.8, 4) is 5.75 Å². The smallest absolute Gasteiger partial charge is 0.273 e. The molecule has 31 heavy (non-hydrogen) atoms. The number of hydrogen-bond acceptors (Lipinski definition) is 7. The lowest BCUT2D eigenvalue weighted by Crippen LogP contribution is -2.36. The molecule has 0 spiro atoms. The van der Waals surface area contributed by atoms with E-state index >= 15 is 0 Å². The van der Waals surface area contributed by atoms with Crippen molar-refractivity contribution in [2.24, 2.45) is 9.98 Å². The fourth-order valence-corrected chi connectivity index (χ4v) is 4.33. The molecule has 3 heterocycles. The number of hydrogen-bond donors (Lipinski definition) is 1. The van der Waals surface area contributed by atoms with E-state index < -0.39 is 17.7 Å². The average Bonchev–Trinajstić information content (AvgIpc) is 3.36. The topological polar surface area (TPSA) is 84.1 Å². The van der Waals surface area contributed by atoms with Crippen LogP contribution in [-0.2, 0) is 6.54 Å². The minimum Gasteiger partial charge on any atom is -0.495 e. The quantitative estimate of drug-likeness (QED) is 0.417. The second-order valence-corrected chi connectivity index (χ2v) is 8.35. The Morgan fingerprint density at radius 3 is 2.94 bits per heavy atom. The van der Waals surface area contributed by atoms with Gasteiger partial charge in [0.05, 0.1) is 26.5 Å². The van der Waals surface area contributed by atoms with Crippen LogP contribution in [0.5, 0.6) is 5.75 Å². The number of methoxy groups -OCH3 is 1. The third-order valence-corrected chi connectivity index (χ3v) is 6.23. The highest BCUT2D eigenvalue weighted by Crippen LogP contribution is 2.33. The first kappa shape index (κ1) is 21.3. The number of ether oxygens (including phenoxy) is 1. The normalized spacial score (nSPS) is 18.5. The largest absolute Gasteiger partial charge is 0.495 e. The van der Waals surface area contributed by atoms with E-state index in [1.165, 1.54) is 41.8 Å². The van der Waals surface area contributed by atoms with E-state index in [1.807, 2.05) is 6.34 Å². The Morgan fingerprint density at radius 1 is 1.42 bits per heavy atom. The maximum Gasteiger partial charge on any atom is 0.273 e. The zero-order chi connectivity index (χ0) is 22.0. The molecule has 1 aliphatic heterocycles. The van der Waals surface area contributed by atoms with Crippen molar-refractivity contribution in [3.63, 3.8) is 0 Å². The lowest BCUT2D eigenvalue weighted by molar-refractivity contribution is 0.0969. The minimum atomic E-state index is -1.18. The first-order chi connectivity index (χ1) is 15.0. The summed E-state index contributed by atoms with van der Waals surface area (Å²) >= 11 is 1.44. The molecule has 1 unspecified atom stereocenters. The number of carbonyl (C=O) groups excluding carboxylic acids is 1. The lowest BCUT2D eigenvalue weighted by Gasteiger charge is -2.23. The number of amides is 1. The molecule has 2 aliphatic rings. The van der Waals surface area contributed by atoms with Crippen molar-refractivity contribution < 1.29 is 18.3 Å². The fraction of sp³-hybridized carbons (Fsp3) is 0.400. The Morgan fingerprint density at radius 2 is 2.23 bits per heavy atom. The van der Waals surface area contributed by atoms with Gasteiger partial charge in [0, 0.05) is 37.1 Å². The average molecular weight is 448 g/mol. The molecular formula is C20H22F2N6O2S. The van der Waals surface area contributed by atoms with Crippen molar-refractivity contribution in [3.05, 3.63) is 47.5 Å². The molecule has 1 amide bonds. The van der Waals surface area contributed by atoms with Crippen LogP contribution in [0, 0.1) is 11.8 Å². The van der Waals surface area contributed by atoms with Gasteiger partial charge in [-0.25, -0.2) is 9.37 Å². The van der Waals surface area contributed by atoms with Crippen LogP contribution in [0.25, 0.3) is 0 Å².